The van der Waals surface area contributed by atoms with Gasteiger partial charge in [-0.2, -0.15) is 4.98 Å². The fraction of sp³-hybridized carbons (Fsp3) is 0.636. The molecule has 0 saturated carbocycles. The lowest BCUT2D eigenvalue weighted by molar-refractivity contribution is 0.0662. The Hall–Kier alpha value is -0.870. The third kappa shape index (κ3) is 3.06. The Morgan fingerprint density at radius 3 is 3.12 bits per heavy atom. The van der Waals surface area contributed by atoms with Crippen LogP contribution < -0.4 is 4.74 Å². The highest BCUT2D eigenvalue weighted by molar-refractivity contribution is 6.29. The summed E-state index contributed by atoms with van der Waals surface area (Å²) in [7, 11) is 0. The highest BCUT2D eigenvalue weighted by Crippen LogP contribution is 2.17. The summed E-state index contributed by atoms with van der Waals surface area (Å²) < 4.78 is 11.0. The maximum absolute atomic E-state index is 5.86. The van der Waals surface area contributed by atoms with Crippen molar-refractivity contribution in [1.29, 1.82) is 0 Å². The van der Waals surface area contributed by atoms with Gasteiger partial charge in [-0.1, -0.05) is 18.5 Å². The van der Waals surface area contributed by atoms with Crippen LogP contribution in [0.3, 0.4) is 0 Å². The van der Waals surface area contributed by atoms with E-state index in [1.54, 1.807) is 6.07 Å². The lowest BCUT2D eigenvalue weighted by atomic mass is 10.2. The SMILES string of the molecule is CCc1nc(Cl)cc(OCC2CCCO2)n1. The van der Waals surface area contributed by atoms with Crippen molar-refractivity contribution in [3.8, 4) is 5.88 Å². The number of hydrogen-bond donors (Lipinski definition) is 0. The van der Waals surface area contributed by atoms with Gasteiger partial charge < -0.3 is 9.47 Å². The highest BCUT2D eigenvalue weighted by atomic mass is 35.5. The molecule has 1 fully saturated rings. The first kappa shape index (κ1) is 11.6. The van der Waals surface area contributed by atoms with Crippen molar-refractivity contribution >= 4 is 11.6 Å². The predicted octanol–water partition coefficient (Wildman–Crippen LogP) is 2.25. The van der Waals surface area contributed by atoms with Gasteiger partial charge in [0.25, 0.3) is 0 Å². The summed E-state index contributed by atoms with van der Waals surface area (Å²) in [6, 6.07) is 1.63. The van der Waals surface area contributed by atoms with E-state index in [1.807, 2.05) is 6.92 Å². The van der Waals surface area contributed by atoms with Crippen LogP contribution in [0.25, 0.3) is 0 Å². The molecule has 16 heavy (non-hydrogen) atoms. The zero-order valence-corrected chi connectivity index (χ0v) is 10.0. The smallest absolute Gasteiger partial charge is 0.218 e. The van der Waals surface area contributed by atoms with E-state index in [-0.39, 0.29) is 6.10 Å². The number of nitrogens with zero attached hydrogens (tertiary/aromatic N) is 2. The molecular formula is C11H15ClN2O2. The van der Waals surface area contributed by atoms with E-state index in [2.05, 4.69) is 9.97 Å². The van der Waals surface area contributed by atoms with Crippen LogP contribution in [-0.2, 0) is 11.2 Å². The minimum Gasteiger partial charge on any atom is -0.475 e. The van der Waals surface area contributed by atoms with Crippen LogP contribution in [-0.4, -0.2) is 29.3 Å². The molecule has 4 nitrogen and oxygen atoms in total. The highest BCUT2D eigenvalue weighted by Gasteiger charge is 2.16. The predicted molar refractivity (Wildman–Crippen MR) is 60.9 cm³/mol. The largest absolute Gasteiger partial charge is 0.475 e. The van der Waals surface area contributed by atoms with Crippen LogP contribution in [0.15, 0.2) is 6.07 Å². The van der Waals surface area contributed by atoms with Gasteiger partial charge in [-0.05, 0) is 12.8 Å². The van der Waals surface area contributed by atoms with Crippen molar-refractivity contribution in [3.05, 3.63) is 17.0 Å². The standard InChI is InChI=1S/C11H15ClN2O2/c1-2-10-13-9(12)6-11(14-10)16-7-8-4-3-5-15-8/h6,8H,2-5,7H2,1H3. The van der Waals surface area contributed by atoms with E-state index in [4.69, 9.17) is 21.1 Å². The maximum atomic E-state index is 5.86. The van der Waals surface area contributed by atoms with Crippen molar-refractivity contribution in [2.75, 3.05) is 13.2 Å². The first-order valence-corrected chi connectivity index (χ1v) is 5.93. The van der Waals surface area contributed by atoms with Gasteiger partial charge in [-0.15, -0.1) is 0 Å². The van der Waals surface area contributed by atoms with E-state index in [1.165, 1.54) is 0 Å². The molecule has 1 aromatic heterocycles. The van der Waals surface area contributed by atoms with Gasteiger partial charge in [-0.3, -0.25) is 0 Å². The molecule has 1 atom stereocenters. The van der Waals surface area contributed by atoms with Crippen LogP contribution >= 0.6 is 11.6 Å². The summed E-state index contributed by atoms with van der Waals surface area (Å²) in [5, 5.41) is 0.425. The molecule has 0 radical (unpaired) electrons. The molecule has 2 rings (SSSR count). The average molecular weight is 243 g/mol. The van der Waals surface area contributed by atoms with E-state index in [0.717, 1.165) is 25.9 Å². The van der Waals surface area contributed by atoms with Gasteiger partial charge in [0.05, 0.1) is 6.10 Å². The van der Waals surface area contributed by atoms with E-state index in [9.17, 15) is 0 Å². The molecule has 0 bridgehead atoms. The molecule has 1 aliphatic heterocycles. The van der Waals surface area contributed by atoms with Crippen LogP contribution in [0.5, 0.6) is 5.88 Å². The summed E-state index contributed by atoms with van der Waals surface area (Å²) in [6.07, 6.45) is 3.11. The second-order valence-electron chi connectivity index (χ2n) is 3.74. The molecule has 1 aromatic rings. The molecule has 0 N–H and O–H groups in total. The zero-order chi connectivity index (χ0) is 11.4. The van der Waals surface area contributed by atoms with Crippen molar-refractivity contribution in [2.24, 2.45) is 0 Å². The lowest BCUT2D eigenvalue weighted by Crippen LogP contribution is -2.17. The molecule has 5 heteroatoms. The zero-order valence-electron chi connectivity index (χ0n) is 9.28. The minimum atomic E-state index is 0.193. The van der Waals surface area contributed by atoms with E-state index in [0.29, 0.717) is 23.5 Å². The molecule has 2 heterocycles. The second-order valence-corrected chi connectivity index (χ2v) is 4.13. The first-order valence-electron chi connectivity index (χ1n) is 5.56. The van der Waals surface area contributed by atoms with E-state index >= 15 is 0 Å². The van der Waals surface area contributed by atoms with Crippen molar-refractivity contribution in [2.45, 2.75) is 32.3 Å². The monoisotopic (exact) mass is 242 g/mol. The number of ether oxygens (including phenoxy) is 2. The molecule has 1 saturated heterocycles. The van der Waals surface area contributed by atoms with Crippen LogP contribution in [0, 0.1) is 0 Å². The Balaban J connectivity index is 1.94. The van der Waals surface area contributed by atoms with Crippen LogP contribution in [0.4, 0.5) is 0 Å². The molecule has 0 aliphatic carbocycles. The van der Waals surface area contributed by atoms with E-state index < -0.39 is 0 Å². The summed E-state index contributed by atoms with van der Waals surface area (Å²) >= 11 is 5.86. The lowest BCUT2D eigenvalue weighted by Gasteiger charge is -2.11. The third-order valence-corrected chi connectivity index (χ3v) is 2.67. The Labute approximate surface area is 99.9 Å². The number of rotatable bonds is 4. The number of halogens is 1. The van der Waals surface area contributed by atoms with Crippen LogP contribution in [0.1, 0.15) is 25.6 Å². The number of aromatic nitrogens is 2. The van der Waals surface area contributed by atoms with Gasteiger partial charge >= 0.3 is 0 Å². The molecular weight excluding hydrogens is 228 g/mol. The summed E-state index contributed by atoms with van der Waals surface area (Å²) in [5.74, 6) is 1.24. The fourth-order valence-electron chi connectivity index (χ4n) is 1.63. The Kier molecular flexibility index (Phi) is 3.96. The Bertz CT molecular complexity index is 354. The molecule has 0 spiro atoms. The fourth-order valence-corrected chi connectivity index (χ4v) is 1.82. The average Bonchev–Trinajstić information content (AvgIpc) is 2.78. The third-order valence-electron chi connectivity index (χ3n) is 2.48. The van der Waals surface area contributed by atoms with Gasteiger partial charge in [0.15, 0.2) is 0 Å². The second kappa shape index (κ2) is 5.46. The van der Waals surface area contributed by atoms with Crippen molar-refractivity contribution in [1.82, 2.24) is 9.97 Å². The van der Waals surface area contributed by atoms with Gasteiger partial charge in [0.2, 0.25) is 5.88 Å². The molecule has 0 amide bonds. The molecule has 88 valence electrons. The molecule has 1 unspecified atom stereocenters. The summed E-state index contributed by atoms with van der Waals surface area (Å²) in [5.41, 5.74) is 0. The van der Waals surface area contributed by atoms with Crippen molar-refractivity contribution in [3.63, 3.8) is 0 Å². The quantitative estimate of drug-likeness (QED) is 0.760. The van der Waals surface area contributed by atoms with Gasteiger partial charge in [0.1, 0.15) is 17.6 Å². The van der Waals surface area contributed by atoms with Crippen molar-refractivity contribution < 1.29 is 9.47 Å². The molecule has 0 aromatic carbocycles. The van der Waals surface area contributed by atoms with Gasteiger partial charge in [-0.25, -0.2) is 4.98 Å². The minimum absolute atomic E-state index is 0.193. The first-order chi connectivity index (χ1) is 7.78. The molecule has 1 aliphatic rings. The Morgan fingerprint density at radius 1 is 1.56 bits per heavy atom. The normalized spacial score (nSPS) is 20.0. The van der Waals surface area contributed by atoms with Crippen LogP contribution in [0.2, 0.25) is 5.15 Å². The number of hydrogen-bond acceptors (Lipinski definition) is 4. The maximum Gasteiger partial charge on any atom is 0.218 e. The summed E-state index contributed by atoms with van der Waals surface area (Å²) in [4.78, 5) is 8.31. The topological polar surface area (TPSA) is 44.2 Å². The summed E-state index contributed by atoms with van der Waals surface area (Å²) in [6.45, 7) is 3.35. The van der Waals surface area contributed by atoms with Gasteiger partial charge in [0, 0.05) is 19.1 Å². The number of aryl methyl sites for hydroxylation is 1. The Morgan fingerprint density at radius 2 is 2.44 bits per heavy atom.